The molecule has 0 aliphatic carbocycles. The van der Waals surface area contributed by atoms with Crippen molar-refractivity contribution in [3.8, 4) is 5.75 Å². The van der Waals surface area contributed by atoms with Crippen LogP contribution in [0.5, 0.6) is 5.75 Å². The summed E-state index contributed by atoms with van der Waals surface area (Å²) in [5.74, 6) is 0.794. The quantitative estimate of drug-likeness (QED) is 0.853. The third kappa shape index (κ3) is 4.25. The fraction of sp³-hybridized carbons (Fsp3) is 0.400. The first-order valence-electron chi connectivity index (χ1n) is 6.78. The minimum atomic E-state index is 0.239. The second kappa shape index (κ2) is 7.31. The highest BCUT2D eigenvalue weighted by Gasteiger charge is 2.10. The summed E-state index contributed by atoms with van der Waals surface area (Å²) in [5, 5.41) is 8.24. The Morgan fingerprint density at radius 1 is 1.45 bits per heavy atom. The number of aromatic nitrogens is 2. The molecule has 0 spiro atoms. The van der Waals surface area contributed by atoms with E-state index in [1.54, 1.807) is 0 Å². The van der Waals surface area contributed by atoms with Crippen molar-refractivity contribution in [2.75, 3.05) is 13.7 Å². The molecule has 20 heavy (non-hydrogen) atoms. The molecule has 1 atom stereocenters. The van der Waals surface area contributed by atoms with Crippen molar-refractivity contribution in [1.82, 2.24) is 15.1 Å². The van der Waals surface area contributed by atoms with Crippen molar-refractivity contribution in [1.29, 1.82) is 0 Å². The average molecular weight is 294 g/mol. The number of benzene rings is 1. The molecule has 2 rings (SSSR count). The monoisotopic (exact) mass is 293 g/mol. The van der Waals surface area contributed by atoms with Gasteiger partial charge in [0.2, 0.25) is 0 Å². The number of ether oxygens (including phenoxy) is 1. The van der Waals surface area contributed by atoms with E-state index < -0.39 is 0 Å². The number of halogens is 1. The molecule has 0 aliphatic rings. The molecule has 0 saturated heterocycles. The van der Waals surface area contributed by atoms with E-state index >= 15 is 0 Å². The van der Waals surface area contributed by atoms with Crippen LogP contribution in [0.1, 0.15) is 12.5 Å². The maximum atomic E-state index is 5.94. The normalized spacial score (nSPS) is 12.3. The number of hydrogen-bond acceptors (Lipinski definition) is 3. The lowest BCUT2D eigenvalue weighted by atomic mass is 10.1. The van der Waals surface area contributed by atoms with Gasteiger partial charge in [-0.3, -0.25) is 4.68 Å². The van der Waals surface area contributed by atoms with E-state index in [0.717, 1.165) is 18.7 Å². The zero-order valence-electron chi connectivity index (χ0n) is 11.8. The molecular weight excluding hydrogens is 274 g/mol. The summed E-state index contributed by atoms with van der Waals surface area (Å²) in [7, 11) is 1.94. The van der Waals surface area contributed by atoms with Crippen LogP contribution in [0.3, 0.4) is 0 Å². The Morgan fingerprint density at radius 2 is 2.30 bits per heavy atom. The topological polar surface area (TPSA) is 39.1 Å². The maximum Gasteiger partial charge on any atom is 0.120 e. The van der Waals surface area contributed by atoms with Crippen LogP contribution >= 0.6 is 11.6 Å². The van der Waals surface area contributed by atoms with E-state index in [9.17, 15) is 0 Å². The van der Waals surface area contributed by atoms with Crippen LogP contribution in [-0.4, -0.2) is 29.5 Å². The van der Waals surface area contributed by atoms with Crippen molar-refractivity contribution in [2.45, 2.75) is 25.9 Å². The summed E-state index contributed by atoms with van der Waals surface area (Å²) >= 11 is 5.94. The summed E-state index contributed by atoms with van der Waals surface area (Å²) in [6, 6.07) is 7.70. The number of hydrogen-bond donors (Lipinski definition) is 1. The van der Waals surface area contributed by atoms with E-state index in [4.69, 9.17) is 16.3 Å². The van der Waals surface area contributed by atoms with Gasteiger partial charge in [0.05, 0.1) is 6.20 Å². The first kappa shape index (κ1) is 14.9. The van der Waals surface area contributed by atoms with Crippen molar-refractivity contribution in [3.63, 3.8) is 0 Å². The zero-order chi connectivity index (χ0) is 14.4. The molecule has 0 fully saturated rings. The van der Waals surface area contributed by atoms with Crippen molar-refractivity contribution in [2.24, 2.45) is 0 Å². The largest absolute Gasteiger partial charge is 0.492 e. The van der Waals surface area contributed by atoms with Crippen LogP contribution in [0.25, 0.3) is 0 Å². The molecule has 0 amide bonds. The van der Waals surface area contributed by atoms with Gasteiger partial charge in [-0.15, -0.1) is 0 Å². The summed E-state index contributed by atoms with van der Waals surface area (Å²) in [6.07, 6.45) is 4.87. The van der Waals surface area contributed by atoms with Crippen LogP contribution in [-0.2, 0) is 13.0 Å². The predicted octanol–water partition coefficient (Wildman–Crippen LogP) is 2.77. The molecule has 1 aromatic carbocycles. The van der Waals surface area contributed by atoms with Gasteiger partial charge in [0.1, 0.15) is 12.4 Å². The summed E-state index contributed by atoms with van der Waals surface area (Å²) in [5.41, 5.74) is 1.21. The molecule has 5 heteroatoms. The van der Waals surface area contributed by atoms with E-state index in [0.29, 0.717) is 11.6 Å². The van der Waals surface area contributed by atoms with E-state index in [1.807, 2.05) is 42.2 Å². The molecule has 0 radical (unpaired) electrons. The van der Waals surface area contributed by atoms with Gasteiger partial charge < -0.3 is 10.1 Å². The predicted molar refractivity (Wildman–Crippen MR) is 81.4 cm³/mol. The Bertz CT molecular complexity index is 541. The van der Waals surface area contributed by atoms with Gasteiger partial charge in [0.25, 0.3) is 0 Å². The van der Waals surface area contributed by atoms with Crippen LogP contribution < -0.4 is 10.1 Å². The number of aryl methyl sites for hydroxylation is 1. The Labute approximate surface area is 124 Å². The minimum absolute atomic E-state index is 0.239. The smallest absolute Gasteiger partial charge is 0.120 e. The van der Waals surface area contributed by atoms with Crippen LogP contribution in [0.15, 0.2) is 36.7 Å². The first-order valence-corrected chi connectivity index (χ1v) is 7.16. The van der Waals surface area contributed by atoms with Gasteiger partial charge in [0, 0.05) is 23.8 Å². The Balaban J connectivity index is 1.89. The van der Waals surface area contributed by atoms with E-state index in [-0.39, 0.29) is 6.04 Å². The van der Waals surface area contributed by atoms with Gasteiger partial charge >= 0.3 is 0 Å². The summed E-state index contributed by atoms with van der Waals surface area (Å²) in [4.78, 5) is 0. The Kier molecular flexibility index (Phi) is 5.44. The number of rotatable bonds is 7. The van der Waals surface area contributed by atoms with Crippen molar-refractivity contribution in [3.05, 3.63) is 47.2 Å². The van der Waals surface area contributed by atoms with Gasteiger partial charge in [-0.05, 0) is 44.2 Å². The summed E-state index contributed by atoms with van der Waals surface area (Å²) < 4.78 is 7.70. The van der Waals surface area contributed by atoms with E-state index in [2.05, 4.69) is 23.5 Å². The zero-order valence-corrected chi connectivity index (χ0v) is 12.6. The molecule has 0 bridgehead atoms. The third-order valence-electron chi connectivity index (χ3n) is 3.15. The lowest BCUT2D eigenvalue weighted by molar-refractivity contribution is 0.270. The highest BCUT2D eigenvalue weighted by Crippen LogP contribution is 2.17. The average Bonchev–Trinajstić information content (AvgIpc) is 2.91. The van der Waals surface area contributed by atoms with Crippen LogP contribution in [0, 0.1) is 0 Å². The lowest BCUT2D eigenvalue weighted by Gasteiger charge is -2.16. The molecule has 1 N–H and O–H groups in total. The molecule has 4 nitrogen and oxygen atoms in total. The fourth-order valence-electron chi connectivity index (χ4n) is 1.97. The van der Waals surface area contributed by atoms with E-state index in [1.165, 1.54) is 5.56 Å². The Morgan fingerprint density at radius 3 is 2.95 bits per heavy atom. The highest BCUT2D eigenvalue weighted by atomic mass is 35.5. The molecule has 0 saturated carbocycles. The van der Waals surface area contributed by atoms with Crippen molar-refractivity contribution < 1.29 is 4.74 Å². The fourth-order valence-corrected chi connectivity index (χ4v) is 2.15. The highest BCUT2D eigenvalue weighted by molar-refractivity contribution is 6.30. The minimum Gasteiger partial charge on any atom is -0.492 e. The summed E-state index contributed by atoms with van der Waals surface area (Å²) in [6.45, 7) is 3.56. The molecule has 2 aromatic rings. The number of likely N-dealkylation sites (N-methyl/N-ethyl adjacent to an activating group) is 1. The molecular formula is C15H20ClN3O. The molecule has 1 heterocycles. The molecule has 1 unspecified atom stereocenters. The second-order valence-corrected chi connectivity index (χ2v) is 5.10. The first-order chi connectivity index (χ1) is 9.71. The van der Waals surface area contributed by atoms with Gasteiger partial charge in [-0.1, -0.05) is 17.7 Å². The second-order valence-electron chi connectivity index (χ2n) is 4.66. The standard InChI is InChI=1S/C15H20ClN3O/c1-3-19-10-12(9-18-19)7-14(17-2)11-20-15-6-4-5-13(16)8-15/h4-6,8-10,14,17H,3,7,11H2,1-2H3. The molecule has 108 valence electrons. The number of nitrogens with one attached hydrogen (secondary N) is 1. The Hall–Kier alpha value is -1.52. The molecule has 0 aliphatic heterocycles. The van der Waals surface area contributed by atoms with Crippen molar-refractivity contribution >= 4 is 11.6 Å². The lowest BCUT2D eigenvalue weighted by Crippen LogP contribution is -2.33. The van der Waals surface area contributed by atoms with Crippen LogP contribution in [0.2, 0.25) is 5.02 Å². The van der Waals surface area contributed by atoms with Gasteiger partial charge in [0.15, 0.2) is 0 Å². The maximum absolute atomic E-state index is 5.94. The molecule has 1 aromatic heterocycles. The van der Waals surface area contributed by atoms with Gasteiger partial charge in [-0.2, -0.15) is 5.10 Å². The SMILES string of the molecule is CCn1cc(CC(COc2cccc(Cl)c2)NC)cn1. The van der Waals surface area contributed by atoms with Gasteiger partial charge in [-0.25, -0.2) is 0 Å². The number of nitrogens with zero attached hydrogens (tertiary/aromatic N) is 2. The van der Waals surface area contributed by atoms with Crippen LogP contribution in [0.4, 0.5) is 0 Å². The third-order valence-corrected chi connectivity index (χ3v) is 3.38.